The van der Waals surface area contributed by atoms with Crippen LogP contribution in [0.2, 0.25) is 0 Å². The van der Waals surface area contributed by atoms with Crippen LogP contribution in [0.5, 0.6) is 0 Å². The first-order valence-corrected chi connectivity index (χ1v) is 20.6. The van der Waals surface area contributed by atoms with Crippen LogP contribution in [0.3, 0.4) is 0 Å². The Bertz CT molecular complexity index is 3140. The van der Waals surface area contributed by atoms with Gasteiger partial charge in [0.25, 0.3) is 0 Å². The second kappa shape index (κ2) is 12.9. The summed E-state index contributed by atoms with van der Waals surface area (Å²) in [5.74, 6) is 0. The summed E-state index contributed by atoms with van der Waals surface area (Å²) in [4.78, 5) is 0. The Hall–Kier alpha value is -6.28. The molecule has 0 atom stereocenters. The highest BCUT2D eigenvalue weighted by molar-refractivity contribution is 7.26. The van der Waals surface area contributed by atoms with Gasteiger partial charge in [0.1, 0.15) is 0 Å². The first-order valence-electron chi connectivity index (χ1n) is 19.8. The van der Waals surface area contributed by atoms with E-state index in [0.29, 0.717) is 0 Å². The first kappa shape index (κ1) is 33.1. The number of hydrogen-bond acceptors (Lipinski definition) is 1. The molecule has 0 radical (unpaired) electrons. The molecular formula is C55H40S. The summed E-state index contributed by atoms with van der Waals surface area (Å²) in [5.41, 5.74) is 13.2. The van der Waals surface area contributed by atoms with Gasteiger partial charge in [0.05, 0.1) is 0 Å². The maximum absolute atomic E-state index is 2.51. The number of rotatable bonds is 3. The van der Waals surface area contributed by atoms with Crippen LogP contribution in [0.25, 0.3) is 85.9 Å². The summed E-state index contributed by atoms with van der Waals surface area (Å²) >= 11 is 1.90. The van der Waals surface area contributed by atoms with Gasteiger partial charge in [0, 0.05) is 25.6 Å². The minimum absolute atomic E-state index is 0.103. The van der Waals surface area contributed by atoms with E-state index in [-0.39, 0.29) is 5.41 Å². The molecule has 1 heteroatoms. The van der Waals surface area contributed by atoms with Crippen molar-refractivity contribution in [3.05, 3.63) is 204 Å². The van der Waals surface area contributed by atoms with Crippen molar-refractivity contribution < 1.29 is 0 Å². The SMILES string of the molecule is CC1(C)c2ccc(-c3c4ccccc4c(/C4=C/C=C(/c5ccccc5)C/C=C\C=C/C4)c4ccccc34)cc2-c2cc3c(ccc4sc5ccccc5c43)cc21. The Kier molecular flexibility index (Phi) is 7.63. The summed E-state index contributed by atoms with van der Waals surface area (Å²) < 4.78 is 2.70. The van der Waals surface area contributed by atoms with E-state index in [2.05, 4.69) is 196 Å². The lowest BCUT2D eigenvalue weighted by Gasteiger charge is -2.22. The lowest BCUT2D eigenvalue weighted by molar-refractivity contribution is 0.661. The molecule has 9 aromatic rings. The summed E-state index contributed by atoms with van der Waals surface area (Å²) in [6, 6.07) is 54.8. The lowest BCUT2D eigenvalue weighted by Crippen LogP contribution is -2.14. The van der Waals surface area contributed by atoms with E-state index >= 15 is 0 Å². The maximum Gasteiger partial charge on any atom is 0.0361 e. The lowest BCUT2D eigenvalue weighted by atomic mass is 9.81. The van der Waals surface area contributed by atoms with Gasteiger partial charge in [0.2, 0.25) is 0 Å². The average Bonchev–Trinajstić information content (AvgIpc) is 3.73. The molecule has 2 aliphatic rings. The van der Waals surface area contributed by atoms with Crippen molar-refractivity contribution in [2.75, 3.05) is 0 Å². The minimum atomic E-state index is -0.103. The van der Waals surface area contributed by atoms with Crippen molar-refractivity contribution in [3.63, 3.8) is 0 Å². The second-order valence-electron chi connectivity index (χ2n) is 15.9. The third kappa shape index (κ3) is 5.11. The van der Waals surface area contributed by atoms with Gasteiger partial charge < -0.3 is 0 Å². The second-order valence-corrected chi connectivity index (χ2v) is 17.0. The Morgan fingerprint density at radius 1 is 0.446 bits per heavy atom. The van der Waals surface area contributed by atoms with Crippen LogP contribution < -0.4 is 0 Å². The Labute approximate surface area is 332 Å². The number of allylic oxidation sites excluding steroid dienone is 8. The molecule has 0 nitrogen and oxygen atoms in total. The zero-order chi connectivity index (χ0) is 37.4. The molecule has 0 amide bonds. The van der Waals surface area contributed by atoms with Gasteiger partial charge in [-0.3, -0.25) is 0 Å². The highest BCUT2D eigenvalue weighted by Gasteiger charge is 2.36. The average molecular weight is 733 g/mol. The molecule has 11 rings (SSSR count). The highest BCUT2D eigenvalue weighted by Crippen LogP contribution is 2.53. The van der Waals surface area contributed by atoms with Crippen LogP contribution in [-0.4, -0.2) is 0 Å². The van der Waals surface area contributed by atoms with Crippen molar-refractivity contribution in [1.82, 2.24) is 0 Å². The summed E-state index contributed by atoms with van der Waals surface area (Å²) in [5, 5.41) is 10.6. The predicted molar refractivity (Wildman–Crippen MR) is 245 cm³/mol. The zero-order valence-electron chi connectivity index (χ0n) is 31.6. The summed E-state index contributed by atoms with van der Waals surface area (Å²) in [7, 11) is 0. The van der Waals surface area contributed by atoms with Crippen molar-refractivity contribution in [2.45, 2.75) is 32.1 Å². The monoisotopic (exact) mass is 732 g/mol. The van der Waals surface area contributed by atoms with Gasteiger partial charge in [-0.1, -0.05) is 166 Å². The fourth-order valence-electron chi connectivity index (χ4n) is 9.67. The van der Waals surface area contributed by atoms with E-state index in [1.807, 2.05) is 11.3 Å². The Morgan fingerprint density at radius 2 is 1.05 bits per heavy atom. The van der Waals surface area contributed by atoms with Gasteiger partial charge >= 0.3 is 0 Å². The molecule has 8 aromatic carbocycles. The number of hydrogen-bond donors (Lipinski definition) is 0. The van der Waals surface area contributed by atoms with Gasteiger partial charge in [-0.05, 0) is 131 Å². The van der Waals surface area contributed by atoms with E-state index in [4.69, 9.17) is 0 Å². The van der Waals surface area contributed by atoms with Gasteiger partial charge in [0.15, 0.2) is 0 Å². The molecule has 2 aliphatic carbocycles. The van der Waals surface area contributed by atoms with E-state index < -0.39 is 0 Å². The largest absolute Gasteiger partial charge is 0.135 e. The predicted octanol–water partition coefficient (Wildman–Crippen LogP) is 15.9. The van der Waals surface area contributed by atoms with Crippen LogP contribution in [-0.2, 0) is 5.41 Å². The third-order valence-corrected chi connectivity index (χ3v) is 13.5. The van der Waals surface area contributed by atoms with Crippen LogP contribution in [0.1, 0.15) is 48.9 Å². The molecule has 0 unspecified atom stereocenters. The van der Waals surface area contributed by atoms with E-state index in [1.54, 1.807) is 0 Å². The summed E-state index contributed by atoms with van der Waals surface area (Å²) in [6.45, 7) is 4.80. The minimum Gasteiger partial charge on any atom is -0.135 e. The third-order valence-electron chi connectivity index (χ3n) is 12.4. The van der Waals surface area contributed by atoms with Crippen LogP contribution in [0.4, 0.5) is 0 Å². The molecule has 56 heavy (non-hydrogen) atoms. The van der Waals surface area contributed by atoms with Gasteiger partial charge in [-0.25, -0.2) is 0 Å². The molecular weight excluding hydrogens is 693 g/mol. The number of fused-ring (bicyclic) bond motifs is 10. The molecule has 0 bridgehead atoms. The van der Waals surface area contributed by atoms with E-state index in [1.165, 1.54) is 108 Å². The quantitative estimate of drug-likeness (QED) is 0.159. The van der Waals surface area contributed by atoms with Crippen molar-refractivity contribution in [3.8, 4) is 22.3 Å². The molecule has 0 saturated heterocycles. The standard InChI is InChI=1S/C55H40S/c1-55(2)48-30-28-39(32-46(48)47-34-45-38(33-49(47)55)29-31-51-54(45)44-24-14-15-25-50(44)56-51)53-42-22-12-10-20-40(42)52(41-21-11-13-23-43(41)53)37-19-7-4-3-6-18-36(26-27-37)35-16-8-5-9-17-35/h3-17,20-34H,18-19H2,1-2H3/b6-3-,7-4-,36-26+,37-27+. The van der Waals surface area contributed by atoms with Gasteiger partial charge in [-0.15, -0.1) is 11.3 Å². The molecule has 266 valence electrons. The molecule has 0 fully saturated rings. The number of benzene rings is 8. The molecule has 0 aliphatic heterocycles. The normalized spacial score (nSPS) is 18.0. The van der Waals surface area contributed by atoms with Crippen molar-refractivity contribution in [2.24, 2.45) is 0 Å². The van der Waals surface area contributed by atoms with Crippen molar-refractivity contribution >= 4 is 75.0 Å². The molecule has 0 spiro atoms. The Morgan fingerprint density at radius 3 is 1.79 bits per heavy atom. The highest BCUT2D eigenvalue weighted by atomic mass is 32.1. The molecule has 0 N–H and O–H groups in total. The Balaban J connectivity index is 1.14. The number of thiophene rings is 1. The van der Waals surface area contributed by atoms with Gasteiger partial charge in [-0.2, -0.15) is 0 Å². The van der Waals surface area contributed by atoms with E-state index in [0.717, 1.165) is 12.8 Å². The first-order chi connectivity index (χ1) is 27.5. The molecule has 0 saturated carbocycles. The van der Waals surface area contributed by atoms with Crippen LogP contribution in [0, 0.1) is 0 Å². The zero-order valence-corrected chi connectivity index (χ0v) is 32.5. The fourth-order valence-corrected chi connectivity index (χ4v) is 10.8. The van der Waals surface area contributed by atoms with E-state index in [9.17, 15) is 0 Å². The topological polar surface area (TPSA) is 0 Å². The fraction of sp³-hybridized carbons (Fsp3) is 0.0909. The van der Waals surface area contributed by atoms with Crippen LogP contribution in [0.15, 0.2) is 182 Å². The van der Waals surface area contributed by atoms with Crippen LogP contribution >= 0.6 is 11.3 Å². The summed E-state index contributed by atoms with van der Waals surface area (Å²) in [6.07, 6.45) is 15.4. The van der Waals surface area contributed by atoms with Crippen molar-refractivity contribution in [1.29, 1.82) is 0 Å². The smallest absolute Gasteiger partial charge is 0.0361 e. The molecule has 1 heterocycles. The maximum atomic E-state index is 2.51. The molecule has 1 aromatic heterocycles.